The van der Waals surface area contributed by atoms with Gasteiger partial charge in [-0.05, 0) is 131 Å². The van der Waals surface area contributed by atoms with Crippen molar-refractivity contribution in [1.82, 2.24) is 24.9 Å². The van der Waals surface area contributed by atoms with E-state index in [4.69, 9.17) is 10.3 Å². The van der Waals surface area contributed by atoms with Gasteiger partial charge in [0.15, 0.2) is 0 Å². The van der Waals surface area contributed by atoms with Crippen molar-refractivity contribution in [1.29, 1.82) is 0 Å². The maximum absolute atomic E-state index is 14.0. The minimum absolute atomic E-state index is 0.0368. The van der Waals surface area contributed by atoms with Gasteiger partial charge in [-0.15, -0.1) is 0 Å². The van der Waals surface area contributed by atoms with E-state index in [0.29, 0.717) is 63.7 Å². The molecule has 0 spiro atoms. The Morgan fingerprint density at radius 3 is 2.04 bits per heavy atom. The number of urea groups is 2. The lowest BCUT2D eigenvalue weighted by atomic mass is 9.98. The first-order valence-electron chi connectivity index (χ1n) is 19.4. The molecule has 4 heterocycles. The summed E-state index contributed by atoms with van der Waals surface area (Å²) in [4.78, 5) is 49.0. The summed E-state index contributed by atoms with van der Waals surface area (Å²) in [6.07, 6.45) is 8.31. The maximum atomic E-state index is 14.0. The monoisotopic (exact) mass is 915 g/mol. The fourth-order valence-corrected chi connectivity index (χ4v) is 9.88. The van der Waals surface area contributed by atoms with Gasteiger partial charge >= 0.3 is 12.1 Å². The summed E-state index contributed by atoms with van der Waals surface area (Å²) in [5.41, 5.74) is 9.65. The van der Waals surface area contributed by atoms with Crippen LogP contribution in [0.1, 0.15) is 56.1 Å². The molecule has 1 atom stereocenters. The molecular formula is C40H51Br2N7O6S. The SMILES string of the molecule is Nc1c(Br)cc(C[C@@H](NC(=O)N2CCC(N3CCc4ccccc4NC3=O)CC2)C(=O)N2CCC(N3CCCCC3)CC2)cc1Br.O=S(=O)(O)c1ccccc1. The predicted molar refractivity (Wildman–Crippen MR) is 224 cm³/mol. The highest BCUT2D eigenvalue weighted by atomic mass is 79.9. The van der Waals surface area contributed by atoms with Crippen molar-refractivity contribution in [2.24, 2.45) is 0 Å². The van der Waals surface area contributed by atoms with Crippen LogP contribution in [0.25, 0.3) is 0 Å². The number of nitrogen functional groups attached to an aromatic ring is 1. The average Bonchev–Trinajstić information content (AvgIpc) is 3.38. The van der Waals surface area contributed by atoms with Gasteiger partial charge in [-0.2, -0.15) is 8.42 Å². The molecule has 3 saturated heterocycles. The zero-order chi connectivity index (χ0) is 39.8. The normalized spacial score (nSPS) is 19.2. The molecule has 302 valence electrons. The molecule has 0 aromatic heterocycles. The van der Waals surface area contributed by atoms with E-state index in [1.165, 1.54) is 31.4 Å². The molecular weight excluding hydrogens is 866 g/mol. The molecule has 0 radical (unpaired) electrons. The largest absolute Gasteiger partial charge is 0.397 e. The maximum Gasteiger partial charge on any atom is 0.322 e. The summed E-state index contributed by atoms with van der Waals surface area (Å²) >= 11 is 7.06. The van der Waals surface area contributed by atoms with Crippen molar-refractivity contribution < 1.29 is 27.4 Å². The summed E-state index contributed by atoms with van der Waals surface area (Å²) in [6.45, 7) is 5.42. The topological polar surface area (TPSA) is 169 Å². The third kappa shape index (κ3) is 10.8. The fourth-order valence-electron chi connectivity index (χ4n) is 8.10. The van der Waals surface area contributed by atoms with E-state index in [1.54, 1.807) is 23.1 Å². The first kappa shape index (κ1) is 41.9. The minimum Gasteiger partial charge on any atom is -0.397 e. The highest BCUT2D eigenvalue weighted by Crippen LogP contribution is 2.31. The number of carbonyl (C=O) groups excluding carboxylic acids is 3. The highest BCUT2D eigenvalue weighted by Gasteiger charge is 2.35. The van der Waals surface area contributed by atoms with Gasteiger partial charge in [-0.1, -0.05) is 42.8 Å². The summed E-state index contributed by atoms with van der Waals surface area (Å²) in [6, 6.07) is 18.8. The zero-order valence-corrected chi connectivity index (χ0v) is 35.4. The standard InChI is InChI=1S/C34H45Br2N7O3.C6H6O3S/c35-27-20-23(21-28(36)31(27)37)22-30(32(44)41-15-9-25(10-16-41)40-13-4-1-5-14-40)39-33(45)42-17-11-26(12-18-42)43-19-8-24-6-2-3-7-29(24)38-34(43)46;7-10(8,9)6-4-2-1-3-5-6/h2-3,6-7,20-21,25-26,30H,1,4-5,8-19,22,37H2,(H,38,46)(H,39,45);1-5H,(H,7,8,9)/t30-;/m1./s1. The number of nitrogens with two attached hydrogens (primary N) is 1. The molecule has 13 nitrogen and oxygen atoms in total. The molecule has 0 saturated carbocycles. The van der Waals surface area contributed by atoms with Gasteiger partial charge in [0.1, 0.15) is 6.04 Å². The number of nitrogens with zero attached hydrogens (tertiary/aromatic N) is 4. The molecule has 16 heteroatoms. The summed E-state index contributed by atoms with van der Waals surface area (Å²) in [7, 11) is -4.00. The molecule has 3 aromatic rings. The quantitative estimate of drug-likeness (QED) is 0.157. The Morgan fingerprint density at radius 2 is 1.41 bits per heavy atom. The molecule has 5 N–H and O–H groups in total. The predicted octanol–water partition coefficient (Wildman–Crippen LogP) is 6.38. The number of hydrogen-bond acceptors (Lipinski definition) is 7. The van der Waals surface area contributed by atoms with Gasteiger partial charge in [-0.25, -0.2) is 9.59 Å². The Kier molecular flexibility index (Phi) is 14.3. The third-order valence-corrected chi connectivity index (χ3v) is 13.4. The van der Waals surface area contributed by atoms with Gasteiger partial charge in [-0.3, -0.25) is 9.35 Å². The minimum atomic E-state index is -4.00. The number of fused-ring (bicyclic) bond motifs is 1. The average molecular weight is 918 g/mol. The molecule has 0 unspecified atom stereocenters. The number of rotatable bonds is 7. The molecule has 7 rings (SSSR count). The number of piperidine rings is 3. The van der Waals surface area contributed by atoms with Crippen molar-refractivity contribution in [3.8, 4) is 0 Å². The summed E-state index contributed by atoms with van der Waals surface area (Å²) in [5, 5.41) is 6.18. The number of anilines is 2. The lowest BCUT2D eigenvalue weighted by Gasteiger charge is -2.41. The van der Waals surface area contributed by atoms with E-state index >= 15 is 0 Å². The van der Waals surface area contributed by atoms with Crippen molar-refractivity contribution in [3.05, 3.63) is 86.8 Å². The molecule has 3 aromatic carbocycles. The van der Waals surface area contributed by atoms with Crippen molar-refractivity contribution >= 4 is 71.3 Å². The third-order valence-electron chi connectivity index (χ3n) is 11.2. The van der Waals surface area contributed by atoms with Crippen LogP contribution in [-0.4, -0.2) is 114 Å². The lowest BCUT2D eigenvalue weighted by molar-refractivity contribution is -0.135. The first-order valence-corrected chi connectivity index (χ1v) is 22.4. The van der Waals surface area contributed by atoms with E-state index in [9.17, 15) is 22.8 Å². The van der Waals surface area contributed by atoms with Crippen LogP contribution in [0.2, 0.25) is 0 Å². The van der Waals surface area contributed by atoms with Crippen LogP contribution in [0.3, 0.4) is 0 Å². The van der Waals surface area contributed by atoms with Gasteiger partial charge in [0, 0.05) is 65.9 Å². The fraction of sp³-hybridized carbons (Fsp3) is 0.475. The number of para-hydroxylation sites is 1. The molecule has 4 aliphatic rings. The summed E-state index contributed by atoms with van der Waals surface area (Å²) in [5.74, 6) is -0.0368. The molecule has 5 amide bonds. The van der Waals surface area contributed by atoms with E-state index in [1.807, 2.05) is 40.1 Å². The first-order chi connectivity index (χ1) is 26.9. The number of likely N-dealkylation sites (tertiary alicyclic amines) is 3. The van der Waals surface area contributed by atoms with Crippen LogP contribution in [0.5, 0.6) is 0 Å². The van der Waals surface area contributed by atoms with E-state index < -0.39 is 16.2 Å². The molecule has 56 heavy (non-hydrogen) atoms. The Morgan fingerprint density at radius 1 is 0.821 bits per heavy atom. The van der Waals surface area contributed by atoms with Crippen molar-refractivity contribution in [2.75, 3.05) is 56.9 Å². The smallest absolute Gasteiger partial charge is 0.322 e. The lowest BCUT2D eigenvalue weighted by Crippen LogP contribution is -2.57. The Balaban J connectivity index is 0.000000463. The Hall–Kier alpha value is -3.70. The molecule has 0 aliphatic carbocycles. The number of hydrogen-bond donors (Lipinski definition) is 4. The van der Waals surface area contributed by atoms with E-state index in [-0.39, 0.29) is 28.9 Å². The van der Waals surface area contributed by atoms with Crippen LogP contribution >= 0.6 is 31.9 Å². The Bertz CT molecular complexity index is 1930. The second-order valence-electron chi connectivity index (χ2n) is 14.9. The Labute approximate surface area is 346 Å². The van der Waals surface area contributed by atoms with Crippen LogP contribution in [0.15, 0.2) is 80.6 Å². The van der Waals surface area contributed by atoms with E-state index in [0.717, 1.165) is 58.1 Å². The molecule has 3 fully saturated rings. The van der Waals surface area contributed by atoms with Crippen molar-refractivity contribution in [3.63, 3.8) is 0 Å². The number of carbonyl (C=O) groups is 3. The molecule has 4 aliphatic heterocycles. The van der Waals surface area contributed by atoms with Crippen LogP contribution < -0.4 is 16.4 Å². The number of nitrogens with one attached hydrogen (secondary N) is 2. The number of amides is 5. The van der Waals surface area contributed by atoms with Gasteiger partial charge in [0.05, 0.1) is 10.6 Å². The van der Waals surface area contributed by atoms with Crippen LogP contribution in [0, 0.1) is 0 Å². The second-order valence-corrected chi connectivity index (χ2v) is 18.0. The van der Waals surface area contributed by atoms with Gasteiger partial charge in [0.2, 0.25) is 5.91 Å². The van der Waals surface area contributed by atoms with Crippen molar-refractivity contribution in [2.45, 2.75) is 80.8 Å². The highest BCUT2D eigenvalue weighted by molar-refractivity contribution is 9.11. The van der Waals surface area contributed by atoms with Gasteiger partial charge in [0.25, 0.3) is 10.1 Å². The van der Waals surface area contributed by atoms with Crippen LogP contribution in [0.4, 0.5) is 21.0 Å². The van der Waals surface area contributed by atoms with E-state index in [2.05, 4.69) is 53.5 Å². The number of halogens is 2. The summed E-state index contributed by atoms with van der Waals surface area (Å²) < 4.78 is 30.7. The zero-order valence-electron chi connectivity index (χ0n) is 31.4. The van der Waals surface area contributed by atoms with Gasteiger partial charge < -0.3 is 36.0 Å². The number of benzene rings is 3. The van der Waals surface area contributed by atoms with Crippen LogP contribution in [-0.2, 0) is 27.8 Å². The molecule has 0 bridgehead atoms. The second kappa shape index (κ2) is 19.2.